The number of pyridine rings is 1. The van der Waals surface area contributed by atoms with Crippen LogP contribution in [0.25, 0.3) is 0 Å². The minimum absolute atomic E-state index is 0.200. The topological polar surface area (TPSA) is 45.1 Å². The molecule has 1 aromatic rings. The lowest BCUT2D eigenvalue weighted by Gasteiger charge is -2.28. The van der Waals surface area contributed by atoms with E-state index < -0.39 is 0 Å². The zero-order chi connectivity index (χ0) is 14.3. The standard InChI is InChI=1S/C15H26N2OS/c1-11(2)9-14(13-7-5-6-8-16-13)17-12(3)15(10-18)19-4/h5-8,11-12,14-15,17-18H,9-10H2,1-4H3. The maximum absolute atomic E-state index is 9.39. The minimum atomic E-state index is 0.200. The third kappa shape index (κ3) is 5.51. The largest absolute Gasteiger partial charge is 0.395 e. The van der Waals surface area contributed by atoms with E-state index in [1.807, 2.05) is 24.6 Å². The second-order valence-electron chi connectivity index (χ2n) is 5.35. The van der Waals surface area contributed by atoms with Gasteiger partial charge in [0.2, 0.25) is 0 Å². The van der Waals surface area contributed by atoms with Gasteiger partial charge in [-0.05, 0) is 37.7 Å². The highest BCUT2D eigenvalue weighted by Gasteiger charge is 2.21. The van der Waals surface area contributed by atoms with Gasteiger partial charge in [0.05, 0.1) is 12.3 Å². The molecule has 0 fully saturated rings. The van der Waals surface area contributed by atoms with Crippen LogP contribution < -0.4 is 5.32 Å². The molecule has 0 aromatic carbocycles. The fraction of sp³-hybridized carbons (Fsp3) is 0.667. The Hall–Kier alpha value is -0.580. The SMILES string of the molecule is CSC(CO)C(C)NC(CC(C)C)c1ccccn1. The maximum Gasteiger partial charge on any atom is 0.0573 e. The van der Waals surface area contributed by atoms with E-state index in [9.17, 15) is 5.11 Å². The molecule has 3 nitrogen and oxygen atoms in total. The molecule has 0 amide bonds. The Morgan fingerprint density at radius 3 is 2.53 bits per heavy atom. The molecule has 0 spiro atoms. The van der Waals surface area contributed by atoms with Gasteiger partial charge < -0.3 is 10.4 Å². The van der Waals surface area contributed by atoms with Gasteiger partial charge in [0.25, 0.3) is 0 Å². The van der Waals surface area contributed by atoms with Crippen molar-refractivity contribution in [3.05, 3.63) is 30.1 Å². The Kier molecular flexibility index (Phi) is 7.42. The van der Waals surface area contributed by atoms with Gasteiger partial charge in [-0.15, -0.1) is 0 Å². The molecule has 1 rings (SSSR count). The van der Waals surface area contributed by atoms with Gasteiger partial charge in [-0.2, -0.15) is 11.8 Å². The number of hydrogen-bond acceptors (Lipinski definition) is 4. The molecule has 108 valence electrons. The van der Waals surface area contributed by atoms with Gasteiger partial charge >= 0.3 is 0 Å². The molecule has 0 saturated heterocycles. The zero-order valence-electron chi connectivity index (χ0n) is 12.3. The third-order valence-electron chi connectivity index (χ3n) is 3.26. The summed E-state index contributed by atoms with van der Waals surface area (Å²) in [5.41, 5.74) is 1.08. The quantitative estimate of drug-likeness (QED) is 0.769. The van der Waals surface area contributed by atoms with Crippen LogP contribution >= 0.6 is 11.8 Å². The number of hydrogen-bond donors (Lipinski definition) is 2. The molecule has 0 aliphatic rings. The van der Waals surface area contributed by atoms with Gasteiger partial charge in [0, 0.05) is 23.5 Å². The van der Waals surface area contributed by atoms with Crippen molar-refractivity contribution in [1.29, 1.82) is 0 Å². The molecule has 1 aromatic heterocycles. The first kappa shape index (κ1) is 16.5. The number of nitrogens with one attached hydrogen (secondary N) is 1. The Morgan fingerprint density at radius 1 is 1.32 bits per heavy atom. The molecule has 3 atom stereocenters. The van der Waals surface area contributed by atoms with E-state index in [4.69, 9.17) is 0 Å². The predicted octanol–water partition coefficient (Wildman–Crippen LogP) is 2.87. The van der Waals surface area contributed by atoms with E-state index in [0.29, 0.717) is 5.92 Å². The van der Waals surface area contributed by atoms with Gasteiger partial charge in [-0.25, -0.2) is 0 Å². The van der Waals surface area contributed by atoms with E-state index >= 15 is 0 Å². The predicted molar refractivity (Wildman–Crippen MR) is 83.4 cm³/mol. The van der Waals surface area contributed by atoms with E-state index in [2.05, 4.69) is 37.1 Å². The Labute approximate surface area is 121 Å². The van der Waals surface area contributed by atoms with E-state index in [0.717, 1.165) is 12.1 Å². The lowest BCUT2D eigenvalue weighted by atomic mass is 9.99. The summed E-state index contributed by atoms with van der Waals surface area (Å²) >= 11 is 1.70. The van der Waals surface area contributed by atoms with E-state index in [1.165, 1.54) is 0 Å². The lowest BCUT2D eigenvalue weighted by Crippen LogP contribution is -2.40. The number of rotatable bonds is 8. The smallest absolute Gasteiger partial charge is 0.0573 e. The first-order chi connectivity index (χ1) is 9.08. The Balaban J connectivity index is 2.75. The summed E-state index contributed by atoms with van der Waals surface area (Å²) in [4.78, 5) is 4.46. The van der Waals surface area contributed by atoms with Crippen LogP contribution in [0.3, 0.4) is 0 Å². The van der Waals surface area contributed by atoms with Crippen molar-refractivity contribution in [2.24, 2.45) is 5.92 Å². The fourth-order valence-corrected chi connectivity index (χ4v) is 2.82. The van der Waals surface area contributed by atoms with E-state index in [1.54, 1.807) is 11.8 Å². The second kappa shape index (κ2) is 8.56. The second-order valence-corrected chi connectivity index (χ2v) is 6.43. The Morgan fingerprint density at radius 2 is 2.05 bits per heavy atom. The summed E-state index contributed by atoms with van der Waals surface area (Å²) < 4.78 is 0. The van der Waals surface area contributed by atoms with Crippen LogP contribution in [0, 0.1) is 5.92 Å². The molecular weight excluding hydrogens is 256 g/mol. The molecule has 2 N–H and O–H groups in total. The molecule has 1 heterocycles. The summed E-state index contributed by atoms with van der Waals surface area (Å²) in [6.07, 6.45) is 4.93. The molecule has 0 aliphatic carbocycles. The summed E-state index contributed by atoms with van der Waals surface area (Å²) in [6, 6.07) is 6.54. The molecule has 3 unspecified atom stereocenters. The van der Waals surface area contributed by atoms with Crippen LogP contribution in [-0.2, 0) is 0 Å². The monoisotopic (exact) mass is 282 g/mol. The molecule has 19 heavy (non-hydrogen) atoms. The van der Waals surface area contributed by atoms with Crippen molar-refractivity contribution in [2.75, 3.05) is 12.9 Å². The lowest BCUT2D eigenvalue weighted by molar-refractivity contribution is 0.265. The van der Waals surface area contributed by atoms with Crippen LogP contribution in [0.4, 0.5) is 0 Å². The first-order valence-electron chi connectivity index (χ1n) is 6.89. The number of aromatic nitrogens is 1. The summed E-state index contributed by atoms with van der Waals surface area (Å²) in [5.74, 6) is 0.605. The van der Waals surface area contributed by atoms with Gasteiger partial charge in [0.15, 0.2) is 0 Å². The average Bonchev–Trinajstić information content (AvgIpc) is 2.40. The summed E-state index contributed by atoms with van der Waals surface area (Å²) in [7, 11) is 0. The minimum Gasteiger partial charge on any atom is -0.395 e. The van der Waals surface area contributed by atoms with Crippen molar-refractivity contribution >= 4 is 11.8 Å². The van der Waals surface area contributed by atoms with Crippen molar-refractivity contribution in [3.8, 4) is 0 Å². The highest BCUT2D eigenvalue weighted by molar-refractivity contribution is 7.99. The van der Waals surface area contributed by atoms with Crippen molar-refractivity contribution in [2.45, 2.75) is 44.5 Å². The van der Waals surface area contributed by atoms with Crippen LogP contribution in [0.1, 0.15) is 38.9 Å². The summed E-state index contributed by atoms with van der Waals surface area (Å²) in [6.45, 7) is 6.78. The van der Waals surface area contributed by atoms with Gasteiger partial charge in [-0.1, -0.05) is 19.9 Å². The number of nitrogens with zero attached hydrogens (tertiary/aromatic N) is 1. The molecule has 0 aliphatic heterocycles. The zero-order valence-corrected chi connectivity index (χ0v) is 13.2. The fourth-order valence-electron chi connectivity index (χ4n) is 2.19. The number of aliphatic hydroxyl groups is 1. The Bertz CT molecular complexity index is 341. The van der Waals surface area contributed by atoms with Crippen LogP contribution in [0.2, 0.25) is 0 Å². The number of aliphatic hydroxyl groups excluding tert-OH is 1. The maximum atomic E-state index is 9.39. The van der Waals surface area contributed by atoms with Gasteiger partial charge in [-0.3, -0.25) is 4.98 Å². The van der Waals surface area contributed by atoms with Crippen molar-refractivity contribution in [1.82, 2.24) is 10.3 Å². The third-order valence-corrected chi connectivity index (χ3v) is 4.42. The first-order valence-corrected chi connectivity index (χ1v) is 8.17. The highest BCUT2D eigenvalue weighted by Crippen LogP contribution is 2.22. The number of thioether (sulfide) groups is 1. The van der Waals surface area contributed by atoms with Crippen LogP contribution in [0.15, 0.2) is 24.4 Å². The molecule has 0 radical (unpaired) electrons. The highest BCUT2D eigenvalue weighted by atomic mass is 32.2. The molecular formula is C15H26N2OS. The molecule has 0 saturated carbocycles. The average molecular weight is 282 g/mol. The van der Waals surface area contributed by atoms with Gasteiger partial charge in [0.1, 0.15) is 0 Å². The summed E-state index contributed by atoms with van der Waals surface area (Å²) in [5, 5.41) is 13.2. The molecule has 4 heteroatoms. The van der Waals surface area contributed by atoms with Crippen LogP contribution in [0.5, 0.6) is 0 Å². The van der Waals surface area contributed by atoms with Crippen LogP contribution in [-0.4, -0.2) is 34.2 Å². The van der Waals surface area contributed by atoms with Crippen molar-refractivity contribution in [3.63, 3.8) is 0 Å². The normalized spacial score (nSPS) is 16.3. The van der Waals surface area contributed by atoms with Crippen molar-refractivity contribution < 1.29 is 5.11 Å². The van der Waals surface area contributed by atoms with E-state index in [-0.39, 0.29) is 23.9 Å². The molecule has 0 bridgehead atoms.